The standard InChI is InChI=1S/C23H28N2.C11H16N2.C2H2/c1-5-23(24)22-15-20(14-13-18(22)3)21(16-25-4)12-8-11-19-10-7-6-9-17(19)2;1-10-4-5-11(12-8-10)9-13-6-2-3-7-13;1-2/h6-7,9-10,12-16,24H,5,8,11H2,1-4H3;4-5,8H,2-3,6-7,9H2,1H3;1-2H/b21-12+,24-23?,25-16?;;. The number of aromatic nitrogens is 1. The van der Waals surface area contributed by atoms with Crippen LogP contribution in [0.2, 0.25) is 0 Å². The van der Waals surface area contributed by atoms with Gasteiger partial charge in [0, 0.05) is 31.7 Å². The maximum absolute atomic E-state index is 8.18. The monoisotopic (exact) mass is 534 g/mol. The van der Waals surface area contributed by atoms with E-state index in [0.717, 1.165) is 48.1 Å². The Hall–Kier alpha value is -3.81. The fourth-order valence-electron chi connectivity index (χ4n) is 4.74. The second-order valence-electron chi connectivity index (χ2n) is 10.2. The van der Waals surface area contributed by atoms with E-state index in [-0.39, 0.29) is 0 Å². The molecule has 2 heterocycles. The van der Waals surface area contributed by atoms with Crippen LogP contribution >= 0.6 is 0 Å². The SMILES string of the molecule is C#C.CCC(=N)c1cc(/C(C=NC)=C/CCc2ccccc2C)ccc1C.Cc1ccc(CN2CCCC2)nc1. The van der Waals surface area contributed by atoms with E-state index in [0.29, 0.717) is 5.71 Å². The average Bonchev–Trinajstić information content (AvgIpc) is 3.49. The number of allylic oxidation sites excluding steroid dienone is 2. The first kappa shape index (κ1) is 32.4. The number of nitrogens with one attached hydrogen (secondary N) is 1. The molecule has 4 nitrogen and oxygen atoms in total. The van der Waals surface area contributed by atoms with Crippen LogP contribution in [0.1, 0.15) is 71.7 Å². The van der Waals surface area contributed by atoms with Gasteiger partial charge in [-0.2, -0.15) is 0 Å². The third-order valence-corrected chi connectivity index (χ3v) is 7.11. The van der Waals surface area contributed by atoms with Crippen molar-refractivity contribution >= 4 is 17.5 Å². The molecule has 1 N–H and O–H groups in total. The first-order valence-electron chi connectivity index (χ1n) is 14.2. The molecular weight excluding hydrogens is 488 g/mol. The van der Waals surface area contributed by atoms with Crippen LogP contribution in [-0.4, -0.2) is 41.9 Å². The molecule has 0 unspecified atom stereocenters. The molecule has 1 aliphatic rings. The Kier molecular flexibility index (Phi) is 14.3. The maximum Gasteiger partial charge on any atom is 0.0544 e. The Balaban J connectivity index is 0.000000311. The summed E-state index contributed by atoms with van der Waals surface area (Å²) in [6.07, 6.45) is 19.6. The van der Waals surface area contributed by atoms with Crippen LogP contribution in [0, 0.1) is 39.0 Å². The highest BCUT2D eigenvalue weighted by atomic mass is 15.1. The van der Waals surface area contributed by atoms with Crippen LogP contribution in [-0.2, 0) is 13.0 Å². The summed E-state index contributed by atoms with van der Waals surface area (Å²) in [5.41, 5.74) is 10.3. The van der Waals surface area contributed by atoms with E-state index in [4.69, 9.17) is 5.41 Å². The van der Waals surface area contributed by atoms with Crippen LogP contribution in [0.25, 0.3) is 5.57 Å². The molecular formula is C36H46N4. The third-order valence-electron chi connectivity index (χ3n) is 7.11. The fourth-order valence-corrected chi connectivity index (χ4v) is 4.74. The summed E-state index contributed by atoms with van der Waals surface area (Å²) in [5, 5.41) is 8.18. The first-order chi connectivity index (χ1) is 19.4. The average molecular weight is 535 g/mol. The van der Waals surface area contributed by atoms with Crippen molar-refractivity contribution < 1.29 is 0 Å². The molecule has 0 atom stereocenters. The van der Waals surface area contributed by atoms with Gasteiger partial charge in [0.25, 0.3) is 0 Å². The molecule has 0 spiro atoms. The highest BCUT2D eigenvalue weighted by molar-refractivity contribution is 6.10. The van der Waals surface area contributed by atoms with E-state index in [1.807, 2.05) is 19.3 Å². The lowest BCUT2D eigenvalue weighted by Gasteiger charge is -2.13. The number of benzene rings is 2. The fraction of sp³-hybridized carbons (Fsp3) is 0.361. The molecule has 0 radical (unpaired) electrons. The molecule has 210 valence electrons. The van der Waals surface area contributed by atoms with Crippen molar-refractivity contribution in [1.82, 2.24) is 9.88 Å². The summed E-state index contributed by atoms with van der Waals surface area (Å²) in [4.78, 5) is 11.1. The van der Waals surface area contributed by atoms with Gasteiger partial charge in [-0.25, -0.2) is 0 Å². The Morgan fingerprint density at radius 1 is 1.00 bits per heavy atom. The molecule has 1 fully saturated rings. The maximum atomic E-state index is 8.18. The molecule has 4 rings (SSSR count). The molecule has 1 saturated heterocycles. The lowest BCUT2D eigenvalue weighted by Crippen LogP contribution is -2.18. The normalized spacial score (nSPS) is 13.3. The van der Waals surface area contributed by atoms with E-state index in [2.05, 4.69) is 109 Å². The van der Waals surface area contributed by atoms with Crippen LogP contribution in [0.15, 0.2) is 71.9 Å². The van der Waals surface area contributed by atoms with Crippen LogP contribution in [0.4, 0.5) is 0 Å². The molecule has 3 aromatic rings. The summed E-state index contributed by atoms with van der Waals surface area (Å²) >= 11 is 0. The van der Waals surface area contributed by atoms with Crippen molar-refractivity contribution in [2.24, 2.45) is 4.99 Å². The molecule has 1 aliphatic heterocycles. The number of hydrogen-bond acceptors (Lipinski definition) is 4. The van der Waals surface area contributed by atoms with Crippen molar-refractivity contribution in [3.63, 3.8) is 0 Å². The lowest BCUT2D eigenvalue weighted by atomic mass is 9.95. The number of rotatable bonds is 9. The zero-order valence-corrected chi connectivity index (χ0v) is 25.1. The summed E-state index contributed by atoms with van der Waals surface area (Å²) in [6, 6.07) is 19.2. The Morgan fingerprint density at radius 2 is 1.73 bits per heavy atom. The summed E-state index contributed by atoms with van der Waals surface area (Å²) in [6.45, 7) is 11.9. The lowest BCUT2D eigenvalue weighted by molar-refractivity contribution is 0.327. The van der Waals surface area contributed by atoms with Gasteiger partial charge in [0.05, 0.1) is 5.69 Å². The van der Waals surface area contributed by atoms with Crippen LogP contribution in [0.3, 0.4) is 0 Å². The van der Waals surface area contributed by atoms with Crippen molar-refractivity contribution in [2.75, 3.05) is 20.1 Å². The zero-order chi connectivity index (χ0) is 29.3. The Morgan fingerprint density at radius 3 is 2.35 bits per heavy atom. The minimum atomic E-state index is 0.687. The van der Waals surface area contributed by atoms with Gasteiger partial charge >= 0.3 is 0 Å². The molecule has 0 aliphatic carbocycles. The van der Waals surface area contributed by atoms with Crippen molar-refractivity contribution in [3.8, 4) is 12.8 Å². The van der Waals surface area contributed by atoms with Crippen molar-refractivity contribution in [1.29, 1.82) is 5.41 Å². The van der Waals surface area contributed by atoms with Gasteiger partial charge in [-0.1, -0.05) is 55.5 Å². The van der Waals surface area contributed by atoms with E-state index >= 15 is 0 Å². The molecule has 1 aromatic heterocycles. The van der Waals surface area contributed by atoms with Crippen molar-refractivity contribution in [3.05, 3.63) is 106 Å². The minimum absolute atomic E-state index is 0.687. The number of terminal acetylenes is 1. The molecule has 4 heteroatoms. The molecule has 0 bridgehead atoms. The second kappa shape index (κ2) is 17.7. The Labute approximate surface area is 242 Å². The van der Waals surface area contributed by atoms with Crippen molar-refractivity contribution in [2.45, 2.75) is 66.3 Å². The van der Waals surface area contributed by atoms with E-state index in [1.165, 1.54) is 48.3 Å². The number of aliphatic imine (C=N–C) groups is 1. The molecule has 0 saturated carbocycles. The minimum Gasteiger partial charge on any atom is -0.305 e. The number of pyridine rings is 1. The molecule has 2 aromatic carbocycles. The quantitative estimate of drug-likeness (QED) is 0.223. The van der Waals surface area contributed by atoms with Gasteiger partial charge in [0.15, 0.2) is 0 Å². The predicted octanol–water partition coefficient (Wildman–Crippen LogP) is 8.03. The van der Waals surface area contributed by atoms with E-state index < -0.39 is 0 Å². The van der Waals surface area contributed by atoms with Gasteiger partial charge in [0.2, 0.25) is 0 Å². The molecule has 40 heavy (non-hydrogen) atoms. The second-order valence-corrected chi connectivity index (χ2v) is 10.2. The zero-order valence-electron chi connectivity index (χ0n) is 25.1. The van der Waals surface area contributed by atoms with Gasteiger partial charge in [-0.3, -0.25) is 14.9 Å². The summed E-state index contributed by atoms with van der Waals surface area (Å²) in [7, 11) is 1.80. The van der Waals surface area contributed by atoms with Gasteiger partial charge < -0.3 is 5.41 Å². The van der Waals surface area contributed by atoms with Crippen LogP contribution < -0.4 is 0 Å². The largest absolute Gasteiger partial charge is 0.305 e. The number of nitrogens with zero attached hydrogens (tertiary/aromatic N) is 3. The smallest absolute Gasteiger partial charge is 0.0544 e. The first-order valence-corrected chi connectivity index (χ1v) is 14.2. The summed E-state index contributed by atoms with van der Waals surface area (Å²) < 4.78 is 0. The summed E-state index contributed by atoms with van der Waals surface area (Å²) in [5.74, 6) is 0. The number of aryl methyl sites for hydroxylation is 4. The molecule has 0 amide bonds. The highest BCUT2D eigenvalue weighted by Crippen LogP contribution is 2.20. The third kappa shape index (κ3) is 10.4. The van der Waals surface area contributed by atoms with Gasteiger partial charge in [0.1, 0.15) is 0 Å². The topological polar surface area (TPSA) is 52.3 Å². The highest BCUT2D eigenvalue weighted by Gasteiger charge is 2.11. The Bertz CT molecular complexity index is 1280. The van der Waals surface area contributed by atoms with Gasteiger partial charge in [-0.15, -0.1) is 12.8 Å². The number of likely N-dealkylation sites (tertiary alicyclic amines) is 1. The van der Waals surface area contributed by atoms with E-state index in [1.54, 1.807) is 7.05 Å². The number of hydrogen-bond donors (Lipinski definition) is 1. The van der Waals surface area contributed by atoms with Crippen LogP contribution in [0.5, 0.6) is 0 Å². The predicted molar refractivity (Wildman–Crippen MR) is 174 cm³/mol. The van der Waals surface area contributed by atoms with E-state index in [9.17, 15) is 0 Å². The van der Waals surface area contributed by atoms with Gasteiger partial charge in [-0.05, 0) is 117 Å².